The second-order valence-corrected chi connectivity index (χ2v) is 0. The number of rotatable bonds is 0. The van der Waals surface area contributed by atoms with E-state index in [2.05, 4.69) is 0 Å². The van der Waals surface area contributed by atoms with Gasteiger partial charge >= 0.3 is 49.6 Å². The van der Waals surface area contributed by atoms with Gasteiger partial charge in [0, 0.05) is 0 Å². The van der Waals surface area contributed by atoms with Crippen LogP contribution in [-0.4, -0.2) is 21.7 Å². The van der Waals surface area contributed by atoms with Crippen LogP contribution in [0.5, 0.6) is 0 Å². The van der Waals surface area contributed by atoms with Gasteiger partial charge < -0.3 is 5.48 Å². The van der Waals surface area contributed by atoms with E-state index in [0.717, 1.165) is 0 Å². The van der Waals surface area contributed by atoms with Gasteiger partial charge in [0.2, 0.25) is 0 Å². The SMILES string of the molecule is [Na+].[OH-].[O]=[AlH]. The van der Waals surface area contributed by atoms with Crippen molar-refractivity contribution in [3.8, 4) is 0 Å². The summed E-state index contributed by atoms with van der Waals surface area (Å²) in [6.07, 6.45) is 0. The van der Waals surface area contributed by atoms with Crippen LogP contribution in [0.3, 0.4) is 0 Å². The van der Waals surface area contributed by atoms with Crippen LogP contribution in [0, 0.1) is 0 Å². The minimum atomic E-state index is 0. The summed E-state index contributed by atoms with van der Waals surface area (Å²) in [6, 6.07) is 0. The van der Waals surface area contributed by atoms with Gasteiger partial charge in [-0.05, 0) is 0 Å². The summed E-state index contributed by atoms with van der Waals surface area (Å²) in [7, 11) is 0. The van der Waals surface area contributed by atoms with Gasteiger partial charge in [0.15, 0.2) is 0 Å². The molecule has 1 N–H and O–H groups in total. The fourth-order valence-electron chi connectivity index (χ4n) is 0. The Morgan fingerprint density at radius 3 is 1.25 bits per heavy atom. The molecule has 0 aliphatic heterocycles. The van der Waals surface area contributed by atoms with Crippen molar-refractivity contribution in [1.29, 1.82) is 0 Å². The molecule has 0 unspecified atom stereocenters. The molecule has 0 bridgehead atoms. The van der Waals surface area contributed by atoms with Gasteiger partial charge in [-0.25, -0.2) is 0 Å². The van der Waals surface area contributed by atoms with Crippen molar-refractivity contribution in [3.05, 3.63) is 0 Å². The van der Waals surface area contributed by atoms with Gasteiger partial charge in [-0.1, -0.05) is 0 Å². The molecule has 0 aromatic heterocycles. The van der Waals surface area contributed by atoms with Crippen LogP contribution in [0.4, 0.5) is 0 Å². The van der Waals surface area contributed by atoms with Crippen molar-refractivity contribution >= 4 is 16.2 Å². The summed E-state index contributed by atoms with van der Waals surface area (Å²) in [5, 5.41) is 0. The molecule has 0 aromatic rings. The fourth-order valence-corrected chi connectivity index (χ4v) is 0. The summed E-state index contributed by atoms with van der Waals surface area (Å²) in [4.78, 5) is 0. The summed E-state index contributed by atoms with van der Waals surface area (Å²) in [5.74, 6) is 0. The predicted octanol–water partition coefficient (Wildman–Crippen LogP) is -3.94. The van der Waals surface area contributed by atoms with Crippen LogP contribution < -0.4 is 29.6 Å². The van der Waals surface area contributed by atoms with Gasteiger partial charge in [-0.2, -0.15) is 0 Å². The normalized spacial score (nSPS) is 0.750. The van der Waals surface area contributed by atoms with E-state index >= 15 is 0 Å². The molecular weight excluding hydrogens is 82.0 g/mol. The van der Waals surface area contributed by atoms with E-state index in [1.807, 2.05) is 0 Å². The molecule has 0 aliphatic rings. The molecule has 0 rings (SSSR count). The number of hydrogen-bond donors (Lipinski definition) is 0. The van der Waals surface area contributed by atoms with Crippen molar-refractivity contribution in [1.82, 2.24) is 0 Å². The second-order valence-electron chi connectivity index (χ2n) is 0. The van der Waals surface area contributed by atoms with E-state index in [-0.39, 0.29) is 35.0 Å². The Kier molecular flexibility index (Phi) is 129. The quantitative estimate of drug-likeness (QED) is 0.281. The third kappa shape index (κ3) is 10.4. The minimum absolute atomic E-state index is 0. The van der Waals surface area contributed by atoms with Gasteiger partial charge in [-0.15, -0.1) is 0 Å². The first kappa shape index (κ1) is 18.6. The van der Waals surface area contributed by atoms with Crippen LogP contribution in [0.15, 0.2) is 0 Å². The summed E-state index contributed by atoms with van der Waals surface area (Å²) < 4.78 is 8.28. The summed E-state index contributed by atoms with van der Waals surface area (Å²) in [5.41, 5.74) is 0. The van der Waals surface area contributed by atoms with E-state index in [4.69, 9.17) is 3.80 Å². The second kappa shape index (κ2) is 27.9. The number of hydrogen-bond acceptors (Lipinski definition) is 2. The average Bonchev–Trinajstić information content (AvgIpc) is 1.00. The van der Waals surface area contributed by atoms with Crippen molar-refractivity contribution in [2.45, 2.75) is 0 Å². The topological polar surface area (TPSA) is 47.1 Å². The average molecular weight is 84.0 g/mol. The predicted molar refractivity (Wildman–Crippen MR) is 9.77 cm³/mol. The van der Waals surface area contributed by atoms with Gasteiger partial charge in [0.1, 0.15) is 0 Å². The molecule has 0 aromatic carbocycles. The molecule has 0 fully saturated rings. The Hall–Kier alpha value is 1.29. The third-order valence-electron chi connectivity index (χ3n) is 0. The molecule has 2 nitrogen and oxygen atoms in total. The van der Waals surface area contributed by atoms with Gasteiger partial charge in [0.05, 0.1) is 0 Å². The van der Waals surface area contributed by atoms with E-state index < -0.39 is 0 Å². The Bertz CT molecular complexity index is 6.00. The zero-order valence-corrected chi connectivity index (χ0v) is 5.98. The van der Waals surface area contributed by atoms with Crippen molar-refractivity contribution < 1.29 is 38.8 Å². The first-order valence-electron chi connectivity index (χ1n) is 0.289. The molecule has 0 aliphatic carbocycles. The Morgan fingerprint density at radius 2 is 1.25 bits per heavy atom. The van der Waals surface area contributed by atoms with Crippen molar-refractivity contribution in [3.63, 3.8) is 0 Å². The van der Waals surface area contributed by atoms with Crippen molar-refractivity contribution in [2.75, 3.05) is 0 Å². The van der Waals surface area contributed by atoms with E-state index in [0.29, 0.717) is 16.2 Å². The van der Waals surface area contributed by atoms with Crippen LogP contribution in [-0.2, 0) is 3.80 Å². The molecular formula is H2AlNaO2. The standard InChI is InChI=1S/Al.Na.H2O.O.H/h;;1H2;;/q;+1;;;/p-1. The van der Waals surface area contributed by atoms with Crippen molar-refractivity contribution in [2.24, 2.45) is 0 Å². The Balaban J connectivity index is -0.00000000500. The molecule has 0 heterocycles. The van der Waals surface area contributed by atoms with Crippen LogP contribution in [0.1, 0.15) is 0 Å². The van der Waals surface area contributed by atoms with Crippen LogP contribution in [0.25, 0.3) is 0 Å². The maximum atomic E-state index is 8.28. The van der Waals surface area contributed by atoms with E-state index in [9.17, 15) is 0 Å². The monoisotopic (exact) mass is 84.0 g/mol. The molecule has 0 radical (unpaired) electrons. The Labute approximate surface area is 54.8 Å². The van der Waals surface area contributed by atoms with Crippen LogP contribution >= 0.6 is 0 Å². The third-order valence-corrected chi connectivity index (χ3v) is 0. The van der Waals surface area contributed by atoms with E-state index in [1.54, 1.807) is 0 Å². The Morgan fingerprint density at radius 1 is 1.25 bits per heavy atom. The maximum absolute atomic E-state index is 8.28. The molecule has 4 heavy (non-hydrogen) atoms. The summed E-state index contributed by atoms with van der Waals surface area (Å²) >= 11 is 0.611. The molecule has 0 spiro atoms. The van der Waals surface area contributed by atoms with Crippen LogP contribution in [0.2, 0.25) is 0 Å². The first-order valence-corrected chi connectivity index (χ1v) is 0.866. The zero-order chi connectivity index (χ0) is 2.00. The molecule has 18 valence electrons. The zero-order valence-electron chi connectivity index (χ0n) is 2.56. The molecule has 0 saturated heterocycles. The molecule has 0 amide bonds. The van der Waals surface area contributed by atoms with Gasteiger partial charge in [0.25, 0.3) is 0 Å². The summed E-state index contributed by atoms with van der Waals surface area (Å²) in [6.45, 7) is 0. The van der Waals surface area contributed by atoms with Gasteiger partial charge in [-0.3, -0.25) is 0 Å². The first-order chi connectivity index (χ1) is 1.00. The molecule has 4 heteroatoms. The molecule has 0 saturated carbocycles. The fraction of sp³-hybridized carbons (Fsp3) is 0. The molecule has 0 atom stereocenters. The van der Waals surface area contributed by atoms with E-state index in [1.165, 1.54) is 0 Å².